The summed E-state index contributed by atoms with van der Waals surface area (Å²) in [6.45, 7) is 10.8. The molecule has 0 bridgehead atoms. The molecule has 0 amide bonds. The molecule has 23 heavy (non-hydrogen) atoms. The van der Waals surface area contributed by atoms with Gasteiger partial charge < -0.3 is 14.6 Å². The molecule has 0 aliphatic heterocycles. The fraction of sp³-hybridized carbons (Fsp3) is 0.368. The summed E-state index contributed by atoms with van der Waals surface area (Å²) >= 11 is 0. The van der Waals surface area contributed by atoms with Crippen molar-refractivity contribution in [2.45, 2.75) is 33.5 Å². The number of ether oxygens (including phenoxy) is 2. The van der Waals surface area contributed by atoms with Crippen molar-refractivity contribution in [3.05, 3.63) is 35.4 Å². The van der Waals surface area contributed by atoms with Gasteiger partial charge in [-0.15, -0.1) is 0 Å². The van der Waals surface area contributed by atoms with Crippen LogP contribution in [0.2, 0.25) is 19.6 Å². The second kappa shape index (κ2) is 6.28. The number of methoxy groups -OCH3 is 2. The average Bonchev–Trinajstić information content (AvgIpc) is 2.44. The van der Waals surface area contributed by atoms with Crippen molar-refractivity contribution in [1.82, 2.24) is 0 Å². The fourth-order valence-electron chi connectivity index (χ4n) is 3.14. The van der Waals surface area contributed by atoms with Crippen molar-refractivity contribution in [3.63, 3.8) is 0 Å². The predicted molar refractivity (Wildman–Crippen MR) is 99.1 cm³/mol. The van der Waals surface area contributed by atoms with E-state index in [0.29, 0.717) is 5.75 Å². The number of hydrogen-bond acceptors (Lipinski definition) is 3. The number of aryl methyl sites for hydroxylation is 2. The van der Waals surface area contributed by atoms with Crippen molar-refractivity contribution < 1.29 is 14.6 Å². The third-order valence-corrected chi connectivity index (χ3v) is 6.05. The Balaban J connectivity index is 2.87. The summed E-state index contributed by atoms with van der Waals surface area (Å²) in [4.78, 5) is 0. The highest BCUT2D eigenvalue weighted by Gasteiger charge is 2.28. The zero-order valence-electron chi connectivity index (χ0n) is 15.1. The van der Waals surface area contributed by atoms with E-state index in [1.165, 1.54) is 0 Å². The Morgan fingerprint density at radius 3 is 2.04 bits per heavy atom. The van der Waals surface area contributed by atoms with Crippen LogP contribution in [0.1, 0.15) is 11.1 Å². The van der Waals surface area contributed by atoms with Crippen LogP contribution in [-0.4, -0.2) is 27.4 Å². The quantitative estimate of drug-likeness (QED) is 0.852. The molecular formula is C19H26O3Si. The van der Waals surface area contributed by atoms with Crippen molar-refractivity contribution in [2.75, 3.05) is 14.2 Å². The molecule has 0 aromatic heterocycles. The highest BCUT2D eigenvalue weighted by molar-refractivity contribution is 6.90. The lowest BCUT2D eigenvalue weighted by Crippen LogP contribution is -2.39. The average molecular weight is 331 g/mol. The number of phenols is 1. The van der Waals surface area contributed by atoms with Crippen LogP contribution in [-0.2, 0) is 0 Å². The number of aromatic hydroxyl groups is 1. The van der Waals surface area contributed by atoms with Crippen LogP contribution in [0, 0.1) is 13.8 Å². The standard InChI is InChI=1S/C19H26O3Si/c1-12-10-13(2)17(16(11-12)22-4)14-8-9-15(21-3)18(20)19(14)23(5,6)7/h8-11,20H,1-7H3. The molecule has 0 aliphatic carbocycles. The molecular weight excluding hydrogens is 304 g/mol. The van der Waals surface area contributed by atoms with Gasteiger partial charge in [-0.3, -0.25) is 0 Å². The fourth-order valence-corrected chi connectivity index (χ4v) is 4.99. The van der Waals surface area contributed by atoms with E-state index >= 15 is 0 Å². The monoisotopic (exact) mass is 330 g/mol. The van der Waals surface area contributed by atoms with Crippen molar-refractivity contribution in [2.24, 2.45) is 0 Å². The Bertz CT molecular complexity index is 730. The third kappa shape index (κ3) is 3.22. The Kier molecular flexibility index (Phi) is 4.75. The van der Waals surface area contributed by atoms with E-state index in [0.717, 1.165) is 33.2 Å². The smallest absolute Gasteiger partial charge is 0.160 e. The van der Waals surface area contributed by atoms with Gasteiger partial charge in [-0.25, -0.2) is 0 Å². The summed E-state index contributed by atoms with van der Waals surface area (Å²) in [6, 6.07) is 8.05. The van der Waals surface area contributed by atoms with E-state index in [9.17, 15) is 5.11 Å². The molecule has 4 heteroatoms. The maximum absolute atomic E-state index is 10.7. The first kappa shape index (κ1) is 17.4. The summed E-state index contributed by atoms with van der Waals surface area (Å²) in [5, 5.41) is 11.7. The van der Waals surface area contributed by atoms with Crippen LogP contribution in [0.5, 0.6) is 17.2 Å². The molecule has 0 radical (unpaired) electrons. The zero-order valence-corrected chi connectivity index (χ0v) is 16.1. The van der Waals surface area contributed by atoms with Crippen LogP contribution >= 0.6 is 0 Å². The lowest BCUT2D eigenvalue weighted by Gasteiger charge is -2.25. The molecule has 2 aromatic carbocycles. The maximum Gasteiger partial charge on any atom is 0.160 e. The molecule has 0 saturated heterocycles. The number of hydrogen-bond donors (Lipinski definition) is 1. The van der Waals surface area contributed by atoms with Crippen LogP contribution in [0.4, 0.5) is 0 Å². The topological polar surface area (TPSA) is 38.7 Å². The normalized spacial score (nSPS) is 11.4. The first-order valence-electron chi connectivity index (χ1n) is 7.76. The molecule has 0 spiro atoms. The largest absolute Gasteiger partial charge is 0.504 e. The van der Waals surface area contributed by atoms with Crippen molar-refractivity contribution >= 4 is 13.3 Å². The van der Waals surface area contributed by atoms with Crippen molar-refractivity contribution in [1.29, 1.82) is 0 Å². The van der Waals surface area contributed by atoms with E-state index in [-0.39, 0.29) is 5.75 Å². The Morgan fingerprint density at radius 2 is 1.52 bits per heavy atom. The van der Waals surface area contributed by atoms with Crippen molar-refractivity contribution in [3.8, 4) is 28.4 Å². The minimum absolute atomic E-state index is 0.256. The lowest BCUT2D eigenvalue weighted by molar-refractivity contribution is 0.375. The van der Waals surface area contributed by atoms with Gasteiger partial charge in [0.1, 0.15) is 5.75 Å². The maximum atomic E-state index is 10.7. The number of benzene rings is 2. The zero-order chi connectivity index (χ0) is 17.4. The van der Waals surface area contributed by atoms with Gasteiger partial charge in [-0.1, -0.05) is 31.8 Å². The third-order valence-electron chi connectivity index (χ3n) is 4.04. The summed E-state index contributed by atoms with van der Waals surface area (Å²) in [7, 11) is 1.46. The molecule has 1 N–H and O–H groups in total. The molecule has 0 aliphatic rings. The van der Waals surface area contributed by atoms with E-state index in [1.807, 2.05) is 18.2 Å². The SMILES string of the molecule is COc1ccc(-c2c(C)cc(C)cc2OC)c([Si](C)(C)C)c1O. The lowest BCUT2D eigenvalue weighted by atomic mass is 9.97. The van der Waals surface area contributed by atoms with E-state index < -0.39 is 8.07 Å². The van der Waals surface area contributed by atoms with Gasteiger partial charge in [0, 0.05) is 5.56 Å². The first-order chi connectivity index (χ1) is 10.7. The van der Waals surface area contributed by atoms with Gasteiger partial charge in [0.2, 0.25) is 0 Å². The van der Waals surface area contributed by atoms with Crippen LogP contribution in [0.3, 0.4) is 0 Å². The van der Waals surface area contributed by atoms with Gasteiger partial charge >= 0.3 is 0 Å². The predicted octanol–water partition coefficient (Wildman–Crippen LogP) is 4.24. The summed E-state index contributed by atoms with van der Waals surface area (Å²) in [5.74, 6) is 1.62. The molecule has 0 fully saturated rings. The van der Waals surface area contributed by atoms with Gasteiger partial charge in [0.05, 0.1) is 22.3 Å². The van der Waals surface area contributed by atoms with Gasteiger partial charge in [0.15, 0.2) is 11.5 Å². The highest BCUT2D eigenvalue weighted by Crippen LogP contribution is 2.38. The van der Waals surface area contributed by atoms with E-state index in [1.54, 1.807) is 14.2 Å². The molecule has 2 aromatic rings. The minimum atomic E-state index is -1.81. The summed E-state index contributed by atoms with van der Waals surface area (Å²) < 4.78 is 10.9. The Morgan fingerprint density at radius 1 is 0.913 bits per heavy atom. The minimum Gasteiger partial charge on any atom is -0.504 e. The van der Waals surface area contributed by atoms with Crippen LogP contribution in [0.15, 0.2) is 24.3 Å². The summed E-state index contributed by atoms with van der Waals surface area (Å²) in [5.41, 5.74) is 4.39. The number of rotatable bonds is 4. The highest BCUT2D eigenvalue weighted by atomic mass is 28.3. The van der Waals surface area contributed by atoms with E-state index in [2.05, 4.69) is 39.6 Å². The number of phenolic OH excluding ortho intramolecular Hbond substituents is 1. The first-order valence-corrected chi connectivity index (χ1v) is 11.3. The second-order valence-corrected chi connectivity index (χ2v) is 11.9. The molecule has 2 rings (SSSR count). The van der Waals surface area contributed by atoms with Crippen LogP contribution in [0.25, 0.3) is 11.1 Å². The van der Waals surface area contributed by atoms with Gasteiger partial charge in [-0.05, 0) is 47.9 Å². The molecule has 0 unspecified atom stereocenters. The van der Waals surface area contributed by atoms with Gasteiger partial charge in [0.25, 0.3) is 0 Å². The molecule has 0 atom stereocenters. The molecule has 0 saturated carbocycles. The van der Waals surface area contributed by atoms with Crippen LogP contribution < -0.4 is 14.7 Å². The second-order valence-electron chi connectivity index (χ2n) is 6.95. The molecule has 0 heterocycles. The summed E-state index contributed by atoms with van der Waals surface area (Å²) in [6.07, 6.45) is 0. The molecule has 3 nitrogen and oxygen atoms in total. The van der Waals surface area contributed by atoms with E-state index in [4.69, 9.17) is 9.47 Å². The Labute approximate surface area is 139 Å². The molecule has 124 valence electrons. The van der Waals surface area contributed by atoms with Gasteiger partial charge in [-0.2, -0.15) is 0 Å². The Hall–Kier alpha value is -1.94.